The Morgan fingerprint density at radius 3 is 2.50 bits per heavy atom. The Labute approximate surface area is 112 Å². The largest absolute Gasteiger partial charge is 0.340 e. The van der Waals surface area contributed by atoms with Crippen LogP contribution in [-0.4, -0.2) is 23.4 Å². The Morgan fingerprint density at radius 1 is 1.06 bits per heavy atom. The highest BCUT2D eigenvalue weighted by atomic mass is 16.2. The molecule has 2 heteroatoms. The summed E-state index contributed by atoms with van der Waals surface area (Å²) in [6.07, 6.45) is 13.8. The summed E-state index contributed by atoms with van der Waals surface area (Å²) < 4.78 is 0. The highest BCUT2D eigenvalue weighted by molar-refractivity contribution is 5.76. The summed E-state index contributed by atoms with van der Waals surface area (Å²) in [5.74, 6) is 1.28. The molecule has 0 aromatic heterocycles. The zero-order valence-electron chi connectivity index (χ0n) is 12.0. The first kappa shape index (κ1) is 13.9. The van der Waals surface area contributed by atoms with E-state index in [-0.39, 0.29) is 0 Å². The zero-order valence-corrected chi connectivity index (χ0v) is 12.0. The van der Waals surface area contributed by atoms with Crippen molar-refractivity contribution in [3.05, 3.63) is 0 Å². The highest BCUT2D eigenvalue weighted by Crippen LogP contribution is 2.28. The van der Waals surface area contributed by atoms with Crippen LogP contribution in [0.15, 0.2) is 0 Å². The van der Waals surface area contributed by atoms with Crippen molar-refractivity contribution >= 4 is 5.91 Å². The van der Waals surface area contributed by atoms with Crippen LogP contribution in [0.3, 0.4) is 0 Å². The second-order valence-corrected chi connectivity index (χ2v) is 6.19. The predicted molar refractivity (Wildman–Crippen MR) is 75.5 cm³/mol. The van der Waals surface area contributed by atoms with E-state index >= 15 is 0 Å². The van der Waals surface area contributed by atoms with E-state index in [0.29, 0.717) is 11.9 Å². The maximum Gasteiger partial charge on any atom is 0.222 e. The van der Waals surface area contributed by atoms with E-state index in [1.54, 1.807) is 0 Å². The van der Waals surface area contributed by atoms with Crippen LogP contribution in [0.5, 0.6) is 0 Å². The fourth-order valence-electron chi connectivity index (χ4n) is 3.70. The van der Waals surface area contributed by atoms with Gasteiger partial charge in [-0.05, 0) is 38.0 Å². The topological polar surface area (TPSA) is 20.3 Å². The van der Waals surface area contributed by atoms with Crippen molar-refractivity contribution in [1.29, 1.82) is 0 Å². The summed E-state index contributed by atoms with van der Waals surface area (Å²) in [4.78, 5) is 14.5. The SMILES string of the molecule is CC[C@@H]1CCCCN1C(=O)CCC1CCCCC1. The third-order valence-electron chi connectivity index (χ3n) is 4.91. The van der Waals surface area contributed by atoms with Crippen LogP contribution in [0.25, 0.3) is 0 Å². The molecule has 0 unspecified atom stereocenters. The van der Waals surface area contributed by atoms with Crippen LogP contribution in [-0.2, 0) is 4.79 Å². The maximum absolute atomic E-state index is 12.3. The van der Waals surface area contributed by atoms with Gasteiger partial charge < -0.3 is 4.90 Å². The number of carbonyl (C=O) groups excluding carboxylic acids is 1. The molecule has 0 aromatic carbocycles. The standard InChI is InChI=1S/C16H29NO/c1-2-15-10-6-7-13-17(15)16(18)12-11-14-8-4-3-5-9-14/h14-15H,2-13H2,1H3/t15-/m1/s1. The first-order valence-corrected chi connectivity index (χ1v) is 8.10. The molecular weight excluding hydrogens is 222 g/mol. The maximum atomic E-state index is 12.3. The quantitative estimate of drug-likeness (QED) is 0.735. The third kappa shape index (κ3) is 3.73. The Bertz CT molecular complexity index is 258. The zero-order chi connectivity index (χ0) is 12.8. The second kappa shape index (κ2) is 7.16. The molecule has 1 amide bonds. The molecule has 1 atom stereocenters. The minimum atomic E-state index is 0.437. The average molecular weight is 251 g/mol. The fraction of sp³-hybridized carbons (Fsp3) is 0.938. The van der Waals surface area contributed by atoms with Gasteiger partial charge in [0.2, 0.25) is 5.91 Å². The minimum absolute atomic E-state index is 0.437. The summed E-state index contributed by atoms with van der Waals surface area (Å²) in [7, 11) is 0. The third-order valence-corrected chi connectivity index (χ3v) is 4.91. The molecule has 2 fully saturated rings. The van der Waals surface area contributed by atoms with E-state index in [1.807, 2.05) is 0 Å². The van der Waals surface area contributed by atoms with Gasteiger partial charge in [-0.3, -0.25) is 4.79 Å². The Morgan fingerprint density at radius 2 is 1.78 bits per heavy atom. The monoisotopic (exact) mass is 251 g/mol. The van der Waals surface area contributed by atoms with Crippen molar-refractivity contribution in [3.8, 4) is 0 Å². The number of nitrogens with zero attached hydrogens (tertiary/aromatic N) is 1. The van der Waals surface area contributed by atoms with Crippen LogP contribution in [0.4, 0.5) is 0 Å². The first-order valence-electron chi connectivity index (χ1n) is 8.10. The van der Waals surface area contributed by atoms with Crippen LogP contribution in [0.2, 0.25) is 0 Å². The van der Waals surface area contributed by atoms with Crippen LogP contribution in [0, 0.1) is 5.92 Å². The molecular formula is C16H29NO. The minimum Gasteiger partial charge on any atom is -0.340 e. The van der Waals surface area contributed by atoms with Crippen molar-refractivity contribution in [1.82, 2.24) is 4.90 Å². The van der Waals surface area contributed by atoms with Gasteiger partial charge in [0.25, 0.3) is 0 Å². The van der Waals surface area contributed by atoms with Gasteiger partial charge in [-0.1, -0.05) is 39.0 Å². The highest BCUT2D eigenvalue weighted by Gasteiger charge is 2.25. The van der Waals surface area contributed by atoms with E-state index in [9.17, 15) is 4.79 Å². The Kier molecular flexibility index (Phi) is 5.52. The molecule has 1 saturated carbocycles. The van der Waals surface area contributed by atoms with Gasteiger partial charge in [0, 0.05) is 19.0 Å². The van der Waals surface area contributed by atoms with Gasteiger partial charge in [-0.2, -0.15) is 0 Å². The van der Waals surface area contributed by atoms with Gasteiger partial charge in [0.1, 0.15) is 0 Å². The van der Waals surface area contributed by atoms with Crippen molar-refractivity contribution in [2.24, 2.45) is 5.92 Å². The molecule has 0 aromatic rings. The lowest BCUT2D eigenvalue weighted by Gasteiger charge is -2.35. The summed E-state index contributed by atoms with van der Waals surface area (Å²) in [5.41, 5.74) is 0. The number of piperidine rings is 1. The fourth-order valence-corrected chi connectivity index (χ4v) is 3.70. The number of hydrogen-bond acceptors (Lipinski definition) is 1. The van der Waals surface area contributed by atoms with Crippen molar-refractivity contribution in [2.45, 2.75) is 83.6 Å². The number of carbonyl (C=O) groups is 1. The van der Waals surface area contributed by atoms with Crippen molar-refractivity contribution in [2.75, 3.05) is 6.54 Å². The lowest BCUT2D eigenvalue weighted by molar-refractivity contribution is -0.135. The van der Waals surface area contributed by atoms with E-state index in [2.05, 4.69) is 11.8 Å². The molecule has 2 nitrogen and oxygen atoms in total. The number of amides is 1. The van der Waals surface area contributed by atoms with Gasteiger partial charge in [0.15, 0.2) is 0 Å². The summed E-state index contributed by atoms with van der Waals surface area (Å²) >= 11 is 0. The molecule has 2 rings (SSSR count). The predicted octanol–water partition coefficient (Wildman–Crippen LogP) is 4.14. The molecule has 104 valence electrons. The van der Waals surface area contributed by atoms with Crippen molar-refractivity contribution in [3.63, 3.8) is 0 Å². The number of likely N-dealkylation sites (tertiary alicyclic amines) is 1. The first-order chi connectivity index (χ1) is 8.81. The molecule has 1 heterocycles. The molecule has 18 heavy (non-hydrogen) atoms. The molecule has 0 N–H and O–H groups in total. The van der Waals surface area contributed by atoms with E-state index < -0.39 is 0 Å². The van der Waals surface area contributed by atoms with Crippen LogP contribution in [0.1, 0.15) is 77.6 Å². The molecule has 1 saturated heterocycles. The molecule has 0 spiro atoms. The number of hydrogen-bond donors (Lipinski definition) is 0. The number of rotatable bonds is 4. The van der Waals surface area contributed by atoms with Gasteiger partial charge in [-0.25, -0.2) is 0 Å². The molecule has 1 aliphatic carbocycles. The molecule has 2 aliphatic rings. The average Bonchev–Trinajstić information content (AvgIpc) is 2.45. The van der Waals surface area contributed by atoms with E-state index in [1.165, 1.54) is 51.4 Å². The van der Waals surface area contributed by atoms with E-state index in [4.69, 9.17) is 0 Å². The van der Waals surface area contributed by atoms with Crippen LogP contribution >= 0.6 is 0 Å². The summed E-state index contributed by atoms with van der Waals surface area (Å²) in [5, 5.41) is 0. The molecule has 0 bridgehead atoms. The Balaban J connectivity index is 1.75. The van der Waals surface area contributed by atoms with Crippen molar-refractivity contribution < 1.29 is 4.79 Å². The summed E-state index contributed by atoms with van der Waals surface area (Å²) in [6, 6.07) is 0.539. The smallest absolute Gasteiger partial charge is 0.222 e. The summed E-state index contributed by atoms with van der Waals surface area (Å²) in [6.45, 7) is 3.24. The van der Waals surface area contributed by atoms with Gasteiger partial charge >= 0.3 is 0 Å². The van der Waals surface area contributed by atoms with Gasteiger partial charge in [-0.15, -0.1) is 0 Å². The second-order valence-electron chi connectivity index (χ2n) is 6.19. The Hall–Kier alpha value is -0.530. The lowest BCUT2D eigenvalue weighted by Crippen LogP contribution is -2.43. The molecule has 1 aliphatic heterocycles. The lowest BCUT2D eigenvalue weighted by atomic mass is 9.86. The molecule has 0 radical (unpaired) electrons. The normalized spacial score (nSPS) is 26.3. The van der Waals surface area contributed by atoms with Gasteiger partial charge in [0.05, 0.1) is 0 Å². The van der Waals surface area contributed by atoms with Crippen LogP contribution < -0.4 is 0 Å². The van der Waals surface area contributed by atoms with E-state index in [0.717, 1.165) is 31.7 Å².